The predicted octanol–water partition coefficient (Wildman–Crippen LogP) is 1.54. The summed E-state index contributed by atoms with van der Waals surface area (Å²) in [5, 5.41) is 11.6. The van der Waals surface area contributed by atoms with E-state index >= 15 is 0 Å². The molecule has 0 radical (unpaired) electrons. The van der Waals surface area contributed by atoms with E-state index in [9.17, 15) is 9.59 Å². The summed E-state index contributed by atoms with van der Waals surface area (Å²) in [6.45, 7) is 6.31. The van der Waals surface area contributed by atoms with E-state index in [4.69, 9.17) is 5.11 Å². The van der Waals surface area contributed by atoms with Crippen LogP contribution in [0.2, 0.25) is 0 Å². The van der Waals surface area contributed by atoms with Crippen molar-refractivity contribution >= 4 is 12.0 Å². The molecule has 0 unspecified atom stereocenters. The van der Waals surface area contributed by atoms with E-state index < -0.39 is 5.97 Å². The van der Waals surface area contributed by atoms with Crippen LogP contribution in [0.25, 0.3) is 0 Å². The molecule has 5 nitrogen and oxygen atoms in total. The van der Waals surface area contributed by atoms with E-state index in [2.05, 4.69) is 19.2 Å². The molecule has 1 saturated heterocycles. The predicted molar refractivity (Wildman–Crippen MR) is 67.2 cm³/mol. The molecule has 18 heavy (non-hydrogen) atoms. The maximum Gasteiger partial charge on any atom is 0.317 e. The minimum atomic E-state index is -0.781. The van der Waals surface area contributed by atoms with Gasteiger partial charge in [0, 0.05) is 25.6 Å². The zero-order chi connectivity index (χ0) is 13.3. The van der Waals surface area contributed by atoms with Crippen LogP contribution in [0.5, 0.6) is 0 Å². The quantitative estimate of drug-likeness (QED) is 0.782. The fourth-order valence-corrected chi connectivity index (χ4v) is 2.59. The molecule has 1 aliphatic heterocycles. The fourth-order valence-electron chi connectivity index (χ4n) is 2.59. The van der Waals surface area contributed by atoms with E-state index in [1.54, 1.807) is 4.90 Å². The van der Waals surface area contributed by atoms with Crippen LogP contribution in [0, 0.1) is 17.3 Å². The summed E-state index contributed by atoms with van der Waals surface area (Å²) in [6.07, 6.45) is 2.57. The third-order valence-corrected chi connectivity index (χ3v) is 4.42. The van der Waals surface area contributed by atoms with Gasteiger partial charge in [-0.15, -0.1) is 0 Å². The van der Waals surface area contributed by atoms with Gasteiger partial charge in [0.05, 0.1) is 6.42 Å². The van der Waals surface area contributed by atoms with Gasteiger partial charge >= 0.3 is 12.0 Å². The van der Waals surface area contributed by atoms with Gasteiger partial charge in [-0.25, -0.2) is 4.79 Å². The van der Waals surface area contributed by atoms with Crippen LogP contribution >= 0.6 is 0 Å². The lowest BCUT2D eigenvalue weighted by Gasteiger charge is -2.38. The Bertz CT molecular complexity index is 344. The number of carboxylic acids is 1. The Morgan fingerprint density at radius 2 is 2.00 bits per heavy atom. The first kappa shape index (κ1) is 13.2. The Balaban J connectivity index is 1.67. The van der Waals surface area contributed by atoms with Gasteiger partial charge in [-0.3, -0.25) is 4.79 Å². The lowest BCUT2D eigenvalue weighted by Crippen LogP contribution is -2.55. The molecule has 2 amide bonds. The molecule has 0 atom stereocenters. The largest absolute Gasteiger partial charge is 0.481 e. The first-order valence-corrected chi connectivity index (χ1v) is 6.67. The number of carbonyl (C=O) groups is 2. The van der Waals surface area contributed by atoms with Crippen LogP contribution < -0.4 is 5.32 Å². The topological polar surface area (TPSA) is 69.6 Å². The maximum absolute atomic E-state index is 11.8. The van der Waals surface area contributed by atoms with Crippen molar-refractivity contribution in [1.29, 1.82) is 0 Å². The SMILES string of the molecule is CC(C)C1(CNC(=O)N2CC(CC(=O)O)C2)CC1. The standard InChI is InChI=1S/C13H22N2O3/c1-9(2)13(3-4-13)8-14-12(18)15-6-10(7-15)5-11(16)17/h9-10H,3-8H2,1-2H3,(H,14,18)(H,16,17). The Hall–Kier alpha value is -1.26. The Labute approximate surface area is 108 Å². The van der Waals surface area contributed by atoms with Gasteiger partial charge in [0.25, 0.3) is 0 Å². The third-order valence-electron chi connectivity index (χ3n) is 4.42. The molecular weight excluding hydrogens is 232 g/mol. The molecule has 0 spiro atoms. The number of nitrogens with one attached hydrogen (secondary N) is 1. The van der Waals surface area contributed by atoms with E-state index in [-0.39, 0.29) is 18.4 Å². The van der Waals surface area contributed by atoms with Crippen molar-refractivity contribution in [3.05, 3.63) is 0 Å². The summed E-state index contributed by atoms with van der Waals surface area (Å²) in [7, 11) is 0. The summed E-state index contributed by atoms with van der Waals surface area (Å²) in [5.41, 5.74) is 0.320. The van der Waals surface area contributed by atoms with Crippen LogP contribution in [0.15, 0.2) is 0 Å². The van der Waals surface area contributed by atoms with Crippen molar-refractivity contribution in [3.8, 4) is 0 Å². The lowest BCUT2D eigenvalue weighted by molar-refractivity contribution is -0.139. The van der Waals surface area contributed by atoms with Crippen LogP contribution in [-0.2, 0) is 4.79 Å². The molecule has 2 N–H and O–H groups in total. The maximum atomic E-state index is 11.8. The molecule has 0 bridgehead atoms. The highest BCUT2D eigenvalue weighted by Gasteiger charge is 2.45. The van der Waals surface area contributed by atoms with Gasteiger partial charge in [0.1, 0.15) is 0 Å². The van der Waals surface area contributed by atoms with Gasteiger partial charge in [-0.2, -0.15) is 0 Å². The van der Waals surface area contributed by atoms with Crippen molar-refractivity contribution in [2.45, 2.75) is 33.1 Å². The molecule has 5 heteroatoms. The number of amides is 2. The van der Waals surface area contributed by atoms with Gasteiger partial charge in [0.15, 0.2) is 0 Å². The monoisotopic (exact) mass is 254 g/mol. The van der Waals surface area contributed by atoms with E-state index in [1.165, 1.54) is 12.8 Å². The summed E-state index contributed by atoms with van der Waals surface area (Å²) in [6, 6.07) is -0.0384. The molecule has 102 valence electrons. The van der Waals surface area contributed by atoms with E-state index in [0.29, 0.717) is 24.4 Å². The number of rotatable bonds is 5. The number of nitrogens with zero attached hydrogens (tertiary/aromatic N) is 1. The highest BCUT2D eigenvalue weighted by atomic mass is 16.4. The van der Waals surface area contributed by atoms with Crippen LogP contribution in [0.3, 0.4) is 0 Å². The van der Waals surface area contributed by atoms with Gasteiger partial charge in [-0.05, 0) is 24.2 Å². The van der Waals surface area contributed by atoms with Crippen molar-refractivity contribution in [1.82, 2.24) is 10.2 Å². The first-order chi connectivity index (χ1) is 8.43. The number of likely N-dealkylation sites (tertiary alicyclic amines) is 1. The summed E-state index contributed by atoms with van der Waals surface area (Å²) < 4.78 is 0. The molecule has 1 saturated carbocycles. The average Bonchev–Trinajstić information content (AvgIpc) is 3.00. The third kappa shape index (κ3) is 2.76. The second-order valence-corrected chi connectivity index (χ2v) is 6.04. The molecule has 2 aliphatic rings. The normalized spacial score (nSPS) is 21.6. The number of carboxylic acid groups (broad SMARTS) is 1. The molecule has 0 aromatic rings. The number of hydrogen-bond donors (Lipinski definition) is 2. The number of hydrogen-bond acceptors (Lipinski definition) is 2. The molecule has 2 rings (SSSR count). The van der Waals surface area contributed by atoms with E-state index in [1.807, 2.05) is 0 Å². The van der Waals surface area contributed by atoms with Crippen molar-refractivity contribution in [3.63, 3.8) is 0 Å². The highest BCUT2D eigenvalue weighted by Crippen LogP contribution is 2.51. The fraction of sp³-hybridized carbons (Fsp3) is 0.846. The summed E-state index contributed by atoms with van der Waals surface area (Å²) in [4.78, 5) is 24.0. The molecule has 2 fully saturated rings. The Kier molecular flexibility index (Phi) is 3.50. The zero-order valence-corrected chi connectivity index (χ0v) is 11.1. The number of carbonyl (C=O) groups excluding carboxylic acids is 1. The second-order valence-electron chi connectivity index (χ2n) is 6.04. The number of urea groups is 1. The lowest BCUT2D eigenvalue weighted by atomic mass is 9.92. The van der Waals surface area contributed by atoms with Crippen LogP contribution in [0.4, 0.5) is 4.79 Å². The molecule has 1 aliphatic carbocycles. The minimum absolute atomic E-state index is 0.0384. The summed E-state index contributed by atoms with van der Waals surface area (Å²) in [5.74, 6) is -0.0426. The number of aliphatic carboxylic acids is 1. The van der Waals surface area contributed by atoms with Gasteiger partial charge in [-0.1, -0.05) is 13.8 Å². The van der Waals surface area contributed by atoms with Crippen molar-refractivity contribution in [2.24, 2.45) is 17.3 Å². The Morgan fingerprint density at radius 3 is 2.44 bits per heavy atom. The molecule has 0 aromatic carbocycles. The molecule has 1 heterocycles. The second kappa shape index (κ2) is 4.78. The van der Waals surface area contributed by atoms with Crippen LogP contribution in [-0.4, -0.2) is 41.6 Å². The highest BCUT2D eigenvalue weighted by molar-refractivity contribution is 5.75. The van der Waals surface area contributed by atoms with Crippen molar-refractivity contribution < 1.29 is 14.7 Å². The average molecular weight is 254 g/mol. The molecular formula is C13H22N2O3. The first-order valence-electron chi connectivity index (χ1n) is 6.67. The van der Waals surface area contributed by atoms with E-state index in [0.717, 1.165) is 6.54 Å². The minimum Gasteiger partial charge on any atom is -0.481 e. The van der Waals surface area contributed by atoms with Gasteiger partial charge < -0.3 is 15.3 Å². The molecule has 0 aromatic heterocycles. The van der Waals surface area contributed by atoms with Crippen LogP contribution in [0.1, 0.15) is 33.1 Å². The zero-order valence-electron chi connectivity index (χ0n) is 11.1. The van der Waals surface area contributed by atoms with Gasteiger partial charge in [0.2, 0.25) is 0 Å². The Morgan fingerprint density at radius 1 is 1.39 bits per heavy atom. The smallest absolute Gasteiger partial charge is 0.317 e. The summed E-state index contributed by atoms with van der Waals surface area (Å²) >= 11 is 0. The van der Waals surface area contributed by atoms with Crippen molar-refractivity contribution in [2.75, 3.05) is 19.6 Å².